The number of carbonyl (C=O) groups is 8. The molecule has 3 aliphatic heterocycles. The molecule has 4 atom stereocenters. The van der Waals surface area contributed by atoms with Crippen LogP contribution in [0.1, 0.15) is 139 Å². The molecule has 17 nitrogen and oxygen atoms in total. The number of aliphatic imine (C=N–C) groups is 3. The largest absolute Gasteiger partial charge is 0.362 e. The molecule has 0 spiro atoms. The molecule has 1 aromatic rings. The summed E-state index contributed by atoms with van der Waals surface area (Å²) in [5.41, 5.74) is 0.977. The number of likely N-dealkylation sites (N-methyl/N-ethyl adjacent to an activating group) is 1. The van der Waals surface area contributed by atoms with Gasteiger partial charge in [0.2, 0.25) is 0 Å². The number of imidazole rings is 1. The van der Waals surface area contributed by atoms with E-state index in [1.165, 1.54) is 23.1 Å². The average molecular weight is 986 g/mol. The molecule has 1 saturated heterocycles. The highest BCUT2D eigenvalue weighted by Crippen LogP contribution is 2.29. The number of hydrogen-bond donors (Lipinski definition) is 3. The number of carbonyl (C=O) groups excluding carboxylic acids is 8. The van der Waals surface area contributed by atoms with Crippen LogP contribution in [0.4, 0.5) is 0 Å². The first-order valence-electron chi connectivity index (χ1n) is 22.3. The molecule has 0 radical (unpaired) electrons. The number of hydrogen-bond acceptors (Lipinski definition) is 15. The van der Waals surface area contributed by atoms with E-state index >= 15 is 0 Å². The number of nitrogens with one attached hydrogen (secondary N) is 3. The lowest BCUT2D eigenvalue weighted by Gasteiger charge is -2.33. The van der Waals surface area contributed by atoms with Crippen molar-refractivity contribution in [3.63, 3.8) is 0 Å². The highest BCUT2D eigenvalue weighted by Gasteiger charge is 2.35. The summed E-state index contributed by atoms with van der Waals surface area (Å²) in [6.07, 6.45) is 3.20. The number of amides is 3. The number of aromatic amines is 1. The Bertz CT molecular complexity index is 2070. The van der Waals surface area contributed by atoms with Crippen molar-refractivity contribution in [2.75, 3.05) is 38.7 Å². The van der Waals surface area contributed by atoms with Crippen molar-refractivity contribution in [2.24, 2.45) is 37.6 Å². The average Bonchev–Trinajstić information content (AvgIpc) is 4.01. The maximum atomic E-state index is 12.1. The molecule has 3 aliphatic rings. The SMILES string of the molecule is C.C/C=C(\C(=O)C(C)(C)C)C1CSC(C)=N1.C=C(NC(C)C(=O)C(C)C)N1CCN(C)C(=O)C1=O.CC(=O)c1nc[nH]c1C(=O)NC(C)C(=O)C(C)C.CN=C(C(=O)C(C)(C)C)C1CSC(C)=N1. The molecular weight excluding hydrogens is 907 g/mol. The third-order valence-corrected chi connectivity index (χ3v) is 12.4. The van der Waals surface area contributed by atoms with Crippen LogP contribution in [0.5, 0.6) is 0 Å². The molecule has 4 rings (SSSR count). The number of allylic oxidation sites excluding steroid dienone is 1. The number of aromatic nitrogens is 2. The Morgan fingerprint density at radius 2 is 1.28 bits per heavy atom. The molecule has 3 N–H and O–H groups in total. The molecule has 4 heterocycles. The van der Waals surface area contributed by atoms with E-state index in [0.29, 0.717) is 24.6 Å². The summed E-state index contributed by atoms with van der Waals surface area (Å²) < 4.78 is 0. The summed E-state index contributed by atoms with van der Waals surface area (Å²) in [5.74, 6) is 0.121. The first-order chi connectivity index (χ1) is 30.8. The van der Waals surface area contributed by atoms with Gasteiger partial charge in [-0.15, -0.1) is 23.5 Å². The van der Waals surface area contributed by atoms with Crippen molar-refractivity contribution in [1.82, 2.24) is 30.4 Å². The van der Waals surface area contributed by atoms with Crippen molar-refractivity contribution < 1.29 is 38.4 Å². The van der Waals surface area contributed by atoms with Gasteiger partial charge < -0.3 is 20.5 Å². The third-order valence-electron chi connectivity index (χ3n) is 10.3. The number of nitrogens with zero attached hydrogens (tertiary/aromatic N) is 6. The molecular formula is C49H79N9O8S2. The Labute approximate surface area is 413 Å². The van der Waals surface area contributed by atoms with Crippen molar-refractivity contribution in [3.05, 3.63) is 41.8 Å². The number of rotatable bonds is 14. The first kappa shape index (κ1) is 63.0. The van der Waals surface area contributed by atoms with Crippen LogP contribution in [-0.4, -0.2) is 145 Å². The van der Waals surface area contributed by atoms with Gasteiger partial charge >= 0.3 is 11.8 Å². The molecule has 380 valence electrons. The summed E-state index contributed by atoms with van der Waals surface area (Å²) in [5, 5.41) is 7.56. The van der Waals surface area contributed by atoms with Gasteiger partial charge in [0.05, 0.1) is 34.5 Å². The Hall–Kier alpha value is -5.04. The van der Waals surface area contributed by atoms with Crippen LogP contribution in [0, 0.1) is 22.7 Å². The fourth-order valence-corrected chi connectivity index (χ4v) is 8.13. The maximum absolute atomic E-state index is 12.1. The molecule has 0 aliphatic carbocycles. The van der Waals surface area contributed by atoms with Crippen LogP contribution in [0.15, 0.2) is 45.4 Å². The molecule has 1 aromatic heterocycles. The van der Waals surface area contributed by atoms with Gasteiger partial charge in [0.25, 0.3) is 5.91 Å². The van der Waals surface area contributed by atoms with Gasteiger partial charge in [-0.1, -0.05) is 89.3 Å². The minimum absolute atomic E-state index is 0. The minimum Gasteiger partial charge on any atom is -0.362 e. The fraction of sp³-hybridized carbons (Fsp3) is 0.633. The molecule has 68 heavy (non-hydrogen) atoms. The topological polar surface area (TPSA) is 233 Å². The van der Waals surface area contributed by atoms with E-state index in [-0.39, 0.29) is 82.5 Å². The Balaban J connectivity index is 0.000000880. The standard InChI is InChI=1S/C13H21N3O3.C12H17N3O3.C12H19NOS.C11H18N2OS.CH4/c1-8(2)11(17)9(3)14-10(4)16-7-6-15(5)12(18)13(16)19;1-6(2)11(17)7(3)15-12(18)10-9(8(4)16)13-5-14-10;1-6-9(11(14)12(3,4)5)10-7-15-8(2)13-10;1-7-13-8(6-15-7)9(12-5)10(14)11(2,3)4;/h8-9,14H,4,6-7H2,1-3,5H3;5-7H,1-4H3,(H,13,14)(H,15,18);6,10H,7H2,1-5H3;8H,6H2,1-5H3;1H4/b;;9-6-;;. The molecule has 0 bridgehead atoms. The Kier molecular flexibility index (Phi) is 25.8. The second-order valence-corrected chi connectivity index (χ2v) is 21.4. The van der Waals surface area contributed by atoms with E-state index < -0.39 is 29.8 Å². The van der Waals surface area contributed by atoms with E-state index in [9.17, 15) is 38.4 Å². The van der Waals surface area contributed by atoms with E-state index in [1.54, 1.807) is 65.3 Å². The molecule has 3 amide bonds. The van der Waals surface area contributed by atoms with Gasteiger partial charge in [-0.3, -0.25) is 58.2 Å². The van der Waals surface area contributed by atoms with E-state index in [2.05, 4.69) is 42.2 Å². The highest BCUT2D eigenvalue weighted by atomic mass is 32.2. The number of Topliss-reactive ketones (excluding diaryl/α,β-unsaturated/α-hetero) is 5. The van der Waals surface area contributed by atoms with Crippen molar-refractivity contribution in [3.8, 4) is 0 Å². The third kappa shape index (κ3) is 18.8. The number of H-pyrrole nitrogens is 1. The lowest BCUT2D eigenvalue weighted by atomic mass is 9.84. The zero-order chi connectivity index (χ0) is 51.9. The van der Waals surface area contributed by atoms with Gasteiger partial charge in [-0.25, -0.2) is 4.98 Å². The van der Waals surface area contributed by atoms with Crippen molar-refractivity contribution >= 4 is 86.0 Å². The Morgan fingerprint density at radius 1 is 0.809 bits per heavy atom. The summed E-state index contributed by atoms with van der Waals surface area (Å²) >= 11 is 3.43. The van der Waals surface area contributed by atoms with Crippen molar-refractivity contribution in [2.45, 2.75) is 142 Å². The molecule has 0 saturated carbocycles. The van der Waals surface area contributed by atoms with Crippen LogP contribution < -0.4 is 10.6 Å². The Morgan fingerprint density at radius 3 is 1.68 bits per heavy atom. The first-order valence-corrected chi connectivity index (χ1v) is 24.3. The van der Waals surface area contributed by atoms with E-state index in [4.69, 9.17) is 0 Å². The molecule has 0 aromatic carbocycles. The summed E-state index contributed by atoms with van der Waals surface area (Å²) in [4.78, 5) is 116. The van der Waals surface area contributed by atoms with Gasteiger partial charge in [-0.2, -0.15) is 0 Å². The summed E-state index contributed by atoms with van der Waals surface area (Å²) in [6, 6.07) is -0.992. The van der Waals surface area contributed by atoms with Crippen LogP contribution in [-0.2, 0) is 28.8 Å². The zero-order valence-electron chi connectivity index (χ0n) is 42.9. The van der Waals surface area contributed by atoms with Crippen molar-refractivity contribution in [1.29, 1.82) is 0 Å². The molecule has 19 heteroatoms. The number of ketones is 5. The smallest absolute Gasteiger partial charge is 0.317 e. The maximum Gasteiger partial charge on any atom is 0.317 e. The molecule has 1 fully saturated rings. The van der Waals surface area contributed by atoms with Gasteiger partial charge in [0.15, 0.2) is 28.9 Å². The minimum atomic E-state index is -0.615. The van der Waals surface area contributed by atoms with Gasteiger partial charge in [0, 0.05) is 73.9 Å². The van der Waals surface area contributed by atoms with Crippen LogP contribution >= 0.6 is 23.5 Å². The predicted molar refractivity (Wildman–Crippen MR) is 278 cm³/mol. The van der Waals surface area contributed by atoms with Crippen LogP contribution in [0.3, 0.4) is 0 Å². The second kappa shape index (κ2) is 27.8. The lowest BCUT2D eigenvalue weighted by molar-refractivity contribution is -0.153. The fourth-order valence-electron chi connectivity index (χ4n) is 6.44. The predicted octanol–water partition coefficient (Wildman–Crippen LogP) is 6.84. The van der Waals surface area contributed by atoms with E-state index in [1.807, 2.05) is 82.2 Å². The summed E-state index contributed by atoms with van der Waals surface area (Å²) in [6.45, 7) is 33.9. The summed E-state index contributed by atoms with van der Waals surface area (Å²) in [7, 11) is 3.26. The lowest BCUT2D eigenvalue weighted by Crippen LogP contribution is -2.55. The van der Waals surface area contributed by atoms with Crippen LogP contribution in [0.25, 0.3) is 0 Å². The second-order valence-electron chi connectivity index (χ2n) is 18.9. The van der Waals surface area contributed by atoms with E-state index in [0.717, 1.165) is 27.2 Å². The zero-order valence-corrected chi connectivity index (χ0v) is 44.6. The highest BCUT2D eigenvalue weighted by molar-refractivity contribution is 8.14. The number of thioether (sulfide) groups is 2. The molecule has 4 unspecified atom stereocenters. The number of piperazine rings is 1. The van der Waals surface area contributed by atoms with Crippen LogP contribution in [0.2, 0.25) is 0 Å². The van der Waals surface area contributed by atoms with Gasteiger partial charge in [-0.05, 0) is 34.6 Å². The normalized spacial score (nSPS) is 18.3. The van der Waals surface area contributed by atoms with Gasteiger partial charge in [0.1, 0.15) is 29.0 Å². The quantitative estimate of drug-likeness (QED) is 0.0753. The monoisotopic (exact) mass is 986 g/mol.